The van der Waals surface area contributed by atoms with Gasteiger partial charge < -0.3 is 14.8 Å². The summed E-state index contributed by atoms with van der Waals surface area (Å²) in [5.74, 6) is 0. The molecule has 4 heteroatoms. The maximum atomic E-state index is 5.70. The molecule has 0 saturated carbocycles. The Morgan fingerprint density at radius 1 is 1.27 bits per heavy atom. The monoisotopic (exact) mass is 214 g/mol. The fourth-order valence-electron chi connectivity index (χ4n) is 2.48. The highest BCUT2D eigenvalue weighted by Crippen LogP contribution is 2.17. The molecule has 1 unspecified atom stereocenters. The average molecular weight is 214 g/mol. The fourth-order valence-corrected chi connectivity index (χ4v) is 2.48. The Morgan fingerprint density at radius 2 is 2.07 bits per heavy atom. The third kappa shape index (κ3) is 3.14. The topological polar surface area (TPSA) is 33.7 Å². The van der Waals surface area contributed by atoms with Gasteiger partial charge in [0.05, 0.1) is 12.7 Å². The quantitative estimate of drug-likeness (QED) is 0.722. The SMILES string of the molecule is CNCC1CN(C2CCOCC2)CCO1. The summed E-state index contributed by atoms with van der Waals surface area (Å²) < 4.78 is 11.1. The minimum absolute atomic E-state index is 0.367. The summed E-state index contributed by atoms with van der Waals surface area (Å²) in [6.07, 6.45) is 2.74. The molecule has 2 aliphatic rings. The van der Waals surface area contributed by atoms with E-state index in [-0.39, 0.29) is 0 Å². The second-order valence-electron chi connectivity index (χ2n) is 4.39. The lowest BCUT2D eigenvalue weighted by Crippen LogP contribution is -2.51. The van der Waals surface area contributed by atoms with Gasteiger partial charge in [0.1, 0.15) is 0 Å². The Hall–Kier alpha value is -0.160. The first-order valence-electron chi connectivity index (χ1n) is 5.98. The number of nitrogens with one attached hydrogen (secondary N) is 1. The number of ether oxygens (including phenoxy) is 2. The molecule has 1 N–H and O–H groups in total. The normalized spacial score (nSPS) is 30.6. The summed E-state index contributed by atoms with van der Waals surface area (Å²) in [5, 5.41) is 3.18. The van der Waals surface area contributed by atoms with Crippen LogP contribution in [0.15, 0.2) is 0 Å². The molecular weight excluding hydrogens is 192 g/mol. The summed E-state index contributed by atoms with van der Waals surface area (Å²) in [6, 6.07) is 0.724. The third-order valence-corrected chi connectivity index (χ3v) is 3.31. The van der Waals surface area contributed by atoms with E-state index in [1.165, 1.54) is 12.8 Å². The third-order valence-electron chi connectivity index (χ3n) is 3.31. The van der Waals surface area contributed by atoms with Crippen molar-refractivity contribution in [1.29, 1.82) is 0 Å². The fraction of sp³-hybridized carbons (Fsp3) is 1.00. The smallest absolute Gasteiger partial charge is 0.0826 e. The van der Waals surface area contributed by atoms with Crippen LogP contribution in [0.1, 0.15) is 12.8 Å². The van der Waals surface area contributed by atoms with Crippen molar-refractivity contribution in [1.82, 2.24) is 10.2 Å². The van der Waals surface area contributed by atoms with E-state index >= 15 is 0 Å². The van der Waals surface area contributed by atoms with Gasteiger partial charge in [-0.25, -0.2) is 0 Å². The van der Waals surface area contributed by atoms with Crippen LogP contribution in [0.5, 0.6) is 0 Å². The van der Waals surface area contributed by atoms with Crippen molar-refractivity contribution in [2.45, 2.75) is 25.0 Å². The van der Waals surface area contributed by atoms with E-state index < -0.39 is 0 Å². The first-order chi connectivity index (χ1) is 7.40. The highest BCUT2D eigenvalue weighted by atomic mass is 16.5. The number of hydrogen-bond donors (Lipinski definition) is 1. The van der Waals surface area contributed by atoms with Crippen molar-refractivity contribution in [2.75, 3.05) is 46.5 Å². The van der Waals surface area contributed by atoms with Crippen LogP contribution in [-0.2, 0) is 9.47 Å². The Bertz CT molecular complexity index is 181. The molecule has 4 nitrogen and oxygen atoms in total. The molecule has 0 radical (unpaired) electrons. The van der Waals surface area contributed by atoms with Crippen molar-refractivity contribution in [3.63, 3.8) is 0 Å². The molecule has 2 saturated heterocycles. The second-order valence-corrected chi connectivity index (χ2v) is 4.39. The molecule has 0 aromatic carbocycles. The second kappa shape index (κ2) is 5.80. The molecule has 88 valence electrons. The van der Waals surface area contributed by atoms with Gasteiger partial charge in [-0.05, 0) is 19.9 Å². The molecule has 0 aromatic heterocycles. The van der Waals surface area contributed by atoms with E-state index in [2.05, 4.69) is 10.2 Å². The molecule has 2 rings (SSSR count). The van der Waals surface area contributed by atoms with E-state index in [0.717, 1.165) is 45.5 Å². The minimum atomic E-state index is 0.367. The minimum Gasteiger partial charge on any atom is -0.381 e. The van der Waals surface area contributed by atoms with Crippen molar-refractivity contribution >= 4 is 0 Å². The molecule has 2 fully saturated rings. The van der Waals surface area contributed by atoms with E-state index in [1.54, 1.807) is 0 Å². The zero-order chi connectivity index (χ0) is 10.5. The predicted octanol–water partition coefficient (Wildman–Crippen LogP) is 0.0856. The summed E-state index contributed by atoms with van der Waals surface area (Å²) in [6.45, 7) is 5.86. The molecule has 0 bridgehead atoms. The zero-order valence-corrected chi connectivity index (χ0v) is 9.58. The van der Waals surface area contributed by atoms with Gasteiger partial charge in [-0.3, -0.25) is 4.90 Å². The lowest BCUT2D eigenvalue weighted by atomic mass is 10.1. The molecule has 2 heterocycles. The van der Waals surface area contributed by atoms with Gasteiger partial charge in [0.25, 0.3) is 0 Å². The van der Waals surface area contributed by atoms with E-state index in [4.69, 9.17) is 9.47 Å². The van der Waals surface area contributed by atoms with Crippen LogP contribution in [0.2, 0.25) is 0 Å². The van der Waals surface area contributed by atoms with Crippen LogP contribution in [0.4, 0.5) is 0 Å². The Kier molecular flexibility index (Phi) is 4.38. The Balaban J connectivity index is 1.80. The van der Waals surface area contributed by atoms with Crippen LogP contribution >= 0.6 is 0 Å². The van der Waals surface area contributed by atoms with Crippen molar-refractivity contribution in [2.24, 2.45) is 0 Å². The first kappa shape index (κ1) is 11.3. The summed E-state index contributed by atoms with van der Waals surface area (Å²) >= 11 is 0. The largest absolute Gasteiger partial charge is 0.381 e. The predicted molar refractivity (Wildman–Crippen MR) is 59.1 cm³/mol. The highest BCUT2D eigenvalue weighted by molar-refractivity contribution is 4.80. The van der Waals surface area contributed by atoms with Crippen molar-refractivity contribution < 1.29 is 9.47 Å². The lowest BCUT2D eigenvalue weighted by Gasteiger charge is -2.39. The van der Waals surface area contributed by atoms with Gasteiger partial charge in [0.15, 0.2) is 0 Å². The summed E-state index contributed by atoms with van der Waals surface area (Å²) in [5.41, 5.74) is 0. The molecule has 15 heavy (non-hydrogen) atoms. The van der Waals surface area contributed by atoms with E-state index in [1.807, 2.05) is 7.05 Å². The molecule has 0 spiro atoms. The van der Waals surface area contributed by atoms with Gasteiger partial charge in [0.2, 0.25) is 0 Å². The molecule has 0 amide bonds. The van der Waals surface area contributed by atoms with Crippen LogP contribution in [-0.4, -0.2) is 63.5 Å². The Morgan fingerprint density at radius 3 is 2.80 bits per heavy atom. The standard InChI is InChI=1S/C11H22N2O2/c1-12-8-11-9-13(4-7-15-11)10-2-5-14-6-3-10/h10-12H,2-9H2,1H3. The van der Waals surface area contributed by atoms with Gasteiger partial charge in [-0.2, -0.15) is 0 Å². The zero-order valence-electron chi connectivity index (χ0n) is 9.58. The molecule has 0 aromatic rings. The number of hydrogen-bond acceptors (Lipinski definition) is 4. The molecular formula is C11H22N2O2. The maximum absolute atomic E-state index is 5.70. The van der Waals surface area contributed by atoms with Gasteiger partial charge in [-0.1, -0.05) is 0 Å². The van der Waals surface area contributed by atoms with Gasteiger partial charge >= 0.3 is 0 Å². The first-order valence-corrected chi connectivity index (χ1v) is 5.98. The summed E-state index contributed by atoms with van der Waals surface area (Å²) in [4.78, 5) is 2.58. The number of likely N-dealkylation sites (N-methyl/N-ethyl adjacent to an activating group) is 1. The van der Waals surface area contributed by atoms with Crippen LogP contribution in [0.3, 0.4) is 0 Å². The highest BCUT2D eigenvalue weighted by Gasteiger charge is 2.27. The van der Waals surface area contributed by atoms with E-state index in [9.17, 15) is 0 Å². The Labute approximate surface area is 91.9 Å². The maximum Gasteiger partial charge on any atom is 0.0826 e. The van der Waals surface area contributed by atoms with Crippen LogP contribution in [0, 0.1) is 0 Å². The summed E-state index contributed by atoms with van der Waals surface area (Å²) in [7, 11) is 1.98. The number of rotatable bonds is 3. The van der Waals surface area contributed by atoms with E-state index in [0.29, 0.717) is 6.10 Å². The lowest BCUT2D eigenvalue weighted by molar-refractivity contribution is -0.0599. The van der Waals surface area contributed by atoms with Crippen LogP contribution in [0.25, 0.3) is 0 Å². The van der Waals surface area contributed by atoms with Gasteiger partial charge in [0, 0.05) is 38.9 Å². The number of morpholine rings is 1. The molecule has 0 aliphatic carbocycles. The molecule has 1 atom stereocenters. The average Bonchev–Trinajstić information content (AvgIpc) is 2.31. The van der Waals surface area contributed by atoms with Gasteiger partial charge in [-0.15, -0.1) is 0 Å². The van der Waals surface area contributed by atoms with Crippen LogP contribution < -0.4 is 5.32 Å². The van der Waals surface area contributed by atoms with Crippen molar-refractivity contribution in [3.8, 4) is 0 Å². The van der Waals surface area contributed by atoms with Crippen molar-refractivity contribution in [3.05, 3.63) is 0 Å². The molecule has 2 aliphatic heterocycles. The number of nitrogens with zero attached hydrogens (tertiary/aromatic N) is 1.